The molecule has 0 saturated carbocycles. The number of esters is 2. The number of nitriles is 2. The van der Waals surface area contributed by atoms with Crippen LogP contribution < -0.4 is 5.32 Å². The number of Topliss-reactive ketones (excluding diaryl/α,β-unsaturated/α-hetero) is 1. The van der Waals surface area contributed by atoms with Crippen molar-refractivity contribution in [3.8, 4) is 12.1 Å². The Morgan fingerprint density at radius 1 is 1.13 bits per heavy atom. The molecule has 2 aliphatic heterocycles. The van der Waals surface area contributed by atoms with Crippen LogP contribution in [0.2, 0.25) is 0 Å². The van der Waals surface area contributed by atoms with Gasteiger partial charge in [-0.3, -0.25) is 14.4 Å². The quantitative estimate of drug-likeness (QED) is 0.537. The van der Waals surface area contributed by atoms with E-state index in [0.717, 1.165) is 24.0 Å². The van der Waals surface area contributed by atoms with Gasteiger partial charge in [-0.15, -0.1) is 0 Å². The van der Waals surface area contributed by atoms with Gasteiger partial charge in [0.25, 0.3) is 0 Å². The number of ketones is 1. The van der Waals surface area contributed by atoms with Gasteiger partial charge in [-0.05, 0) is 35.1 Å². The van der Waals surface area contributed by atoms with E-state index < -0.39 is 17.4 Å². The molecule has 0 aromatic rings. The standard InChI is InChI=1S/C23H23N3O5/c1-12(27)30-8-17-16-7-23(10-24,11-25)19-5-14-3-4-20(26-14)22(19)18(9-31-13(2)28)15(16)6-21(17)29/h5,14,20,22,26H,3-4,6-9H2,1-2H3/t14-,20?,22-/m1/s1. The molecule has 0 amide bonds. The predicted molar refractivity (Wildman–Crippen MR) is 107 cm³/mol. The van der Waals surface area contributed by atoms with Crippen LogP contribution in [-0.2, 0) is 23.9 Å². The summed E-state index contributed by atoms with van der Waals surface area (Å²) in [7, 11) is 0. The third-order valence-electron chi connectivity index (χ3n) is 6.67. The lowest BCUT2D eigenvalue weighted by atomic mass is 9.69. The lowest BCUT2D eigenvalue weighted by molar-refractivity contribution is -0.141. The second-order valence-corrected chi connectivity index (χ2v) is 8.48. The Hall–Kier alpha value is -3.23. The fourth-order valence-electron chi connectivity index (χ4n) is 5.30. The van der Waals surface area contributed by atoms with E-state index in [9.17, 15) is 24.9 Å². The summed E-state index contributed by atoms with van der Waals surface area (Å²) < 4.78 is 10.5. The van der Waals surface area contributed by atoms with Crippen LogP contribution in [-0.4, -0.2) is 43.0 Å². The van der Waals surface area contributed by atoms with Gasteiger partial charge in [-0.1, -0.05) is 6.08 Å². The number of allylic oxidation sites excluding steroid dienone is 2. The highest BCUT2D eigenvalue weighted by Crippen LogP contribution is 2.53. The molecule has 4 rings (SSSR count). The average molecular weight is 421 g/mol. The van der Waals surface area contributed by atoms with Crippen LogP contribution >= 0.6 is 0 Å². The zero-order valence-corrected chi connectivity index (χ0v) is 17.5. The van der Waals surface area contributed by atoms with E-state index in [4.69, 9.17) is 9.47 Å². The number of nitrogens with zero attached hydrogens (tertiary/aromatic N) is 2. The summed E-state index contributed by atoms with van der Waals surface area (Å²) in [6.45, 7) is 2.37. The molecule has 2 bridgehead atoms. The van der Waals surface area contributed by atoms with Gasteiger partial charge in [0.05, 0.1) is 12.1 Å². The van der Waals surface area contributed by atoms with Gasteiger partial charge in [0, 0.05) is 50.3 Å². The van der Waals surface area contributed by atoms with E-state index in [1.165, 1.54) is 13.8 Å². The summed E-state index contributed by atoms with van der Waals surface area (Å²) in [4.78, 5) is 35.8. The SMILES string of the molecule is CC(=O)OCC1=C2CC(C#N)(C#N)C3=C[C@H]4CCC(N4)[C@@H]3C(COC(C)=O)=C2CC1=O. The number of hydrogen-bond acceptors (Lipinski definition) is 8. The zero-order chi connectivity index (χ0) is 22.3. The molecular formula is C23H23N3O5. The Labute approximate surface area is 180 Å². The molecule has 0 aromatic heterocycles. The van der Waals surface area contributed by atoms with Crippen molar-refractivity contribution in [2.24, 2.45) is 11.3 Å². The average Bonchev–Trinajstić information content (AvgIpc) is 3.22. The fourth-order valence-corrected chi connectivity index (χ4v) is 5.30. The largest absolute Gasteiger partial charge is 0.461 e. The maximum atomic E-state index is 12.9. The van der Waals surface area contributed by atoms with Gasteiger partial charge >= 0.3 is 11.9 Å². The highest BCUT2D eigenvalue weighted by molar-refractivity contribution is 6.03. The molecule has 31 heavy (non-hydrogen) atoms. The molecule has 160 valence electrons. The molecule has 8 heteroatoms. The second kappa shape index (κ2) is 7.79. The molecule has 0 radical (unpaired) electrons. The first-order valence-electron chi connectivity index (χ1n) is 10.3. The van der Waals surface area contributed by atoms with Crippen LogP contribution in [0.4, 0.5) is 0 Å². The highest BCUT2D eigenvalue weighted by Gasteiger charge is 2.52. The van der Waals surface area contributed by atoms with Crippen molar-refractivity contribution in [3.63, 3.8) is 0 Å². The summed E-state index contributed by atoms with van der Waals surface area (Å²) in [5.74, 6) is -1.47. The minimum Gasteiger partial charge on any atom is -0.461 e. The van der Waals surface area contributed by atoms with Gasteiger partial charge < -0.3 is 14.8 Å². The number of rotatable bonds is 4. The Kier molecular flexibility index (Phi) is 5.28. The van der Waals surface area contributed by atoms with E-state index in [0.29, 0.717) is 16.7 Å². The first-order valence-corrected chi connectivity index (χ1v) is 10.3. The minimum atomic E-state index is -1.45. The predicted octanol–water partition coefficient (Wildman–Crippen LogP) is 1.79. The lowest BCUT2D eigenvalue weighted by Gasteiger charge is -2.36. The zero-order valence-electron chi connectivity index (χ0n) is 17.5. The third kappa shape index (κ3) is 3.47. The molecule has 3 atom stereocenters. The first kappa shape index (κ1) is 21.0. The molecule has 0 spiro atoms. The molecule has 1 N–H and O–H groups in total. The number of hydrogen-bond donors (Lipinski definition) is 1. The van der Waals surface area contributed by atoms with E-state index >= 15 is 0 Å². The minimum absolute atomic E-state index is 0.00361. The summed E-state index contributed by atoms with van der Waals surface area (Å²) in [6.07, 6.45) is 3.85. The smallest absolute Gasteiger partial charge is 0.302 e. The topological polar surface area (TPSA) is 129 Å². The fraction of sp³-hybridized carbons (Fsp3) is 0.522. The summed E-state index contributed by atoms with van der Waals surface area (Å²) in [5.41, 5.74) is 1.63. The van der Waals surface area contributed by atoms with Crippen LogP contribution in [0.1, 0.15) is 39.5 Å². The number of carbonyl (C=O) groups is 3. The highest BCUT2D eigenvalue weighted by atomic mass is 16.5. The molecule has 2 aliphatic carbocycles. The van der Waals surface area contributed by atoms with Crippen LogP contribution in [0.3, 0.4) is 0 Å². The van der Waals surface area contributed by atoms with Crippen molar-refractivity contribution in [1.82, 2.24) is 5.32 Å². The van der Waals surface area contributed by atoms with E-state index in [-0.39, 0.29) is 49.8 Å². The first-order chi connectivity index (χ1) is 14.8. The van der Waals surface area contributed by atoms with Crippen molar-refractivity contribution in [1.29, 1.82) is 10.5 Å². The van der Waals surface area contributed by atoms with E-state index in [1.807, 2.05) is 6.08 Å². The number of nitrogens with one attached hydrogen (secondary N) is 1. The summed E-state index contributed by atoms with van der Waals surface area (Å²) >= 11 is 0. The third-order valence-corrected chi connectivity index (χ3v) is 6.67. The maximum Gasteiger partial charge on any atom is 0.302 e. The maximum absolute atomic E-state index is 12.9. The number of carbonyl (C=O) groups excluding carboxylic acids is 3. The summed E-state index contributed by atoms with van der Waals surface area (Å²) in [5, 5.41) is 23.8. The van der Waals surface area contributed by atoms with Crippen molar-refractivity contribution >= 4 is 17.7 Å². The van der Waals surface area contributed by atoms with Crippen LogP contribution in [0.25, 0.3) is 0 Å². The van der Waals surface area contributed by atoms with Gasteiger partial charge in [-0.25, -0.2) is 0 Å². The molecular weight excluding hydrogens is 398 g/mol. The molecule has 2 heterocycles. The van der Waals surface area contributed by atoms with Crippen LogP contribution in [0, 0.1) is 34.0 Å². The van der Waals surface area contributed by atoms with Crippen molar-refractivity contribution in [3.05, 3.63) is 33.9 Å². The lowest BCUT2D eigenvalue weighted by Crippen LogP contribution is -2.44. The second-order valence-electron chi connectivity index (χ2n) is 8.48. The van der Waals surface area contributed by atoms with Crippen molar-refractivity contribution in [2.75, 3.05) is 13.2 Å². The monoisotopic (exact) mass is 421 g/mol. The van der Waals surface area contributed by atoms with Gasteiger partial charge in [0.1, 0.15) is 13.2 Å². The van der Waals surface area contributed by atoms with Gasteiger partial charge in [-0.2, -0.15) is 10.5 Å². The molecule has 1 unspecified atom stereocenters. The van der Waals surface area contributed by atoms with E-state index in [1.54, 1.807) is 0 Å². The Bertz CT molecular complexity index is 1040. The van der Waals surface area contributed by atoms with Crippen LogP contribution in [0.15, 0.2) is 33.9 Å². The normalized spacial score (nSPS) is 28.1. The Morgan fingerprint density at radius 2 is 1.81 bits per heavy atom. The van der Waals surface area contributed by atoms with Crippen molar-refractivity contribution in [2.45, 2.75) is 51.6 Å². The van der Waals surface area contributed by atoms with Crippen molar-refractivity contribution < 1.29 is 23.9 Å². The molecule has 1 fully saturated rings. The van der Waals surface area contributed by atoms with Gasteiger partial charge in [0.15, 0.2) is 11.2 Å². The molecule has 0 aromatic carbocycles. The van der Waals surface area contributed by atoms with Gasteiger partial charge in [0.2, 0.25) is 0 Å². The summed E-state index contributed by atoms with van der Waals surface area (Å²) in [6, 6.07) is 4.54. The molecule has 4 aliphatic rings. The Morgan fingerprint density at radius 3 is 2.45 bits per heavy atom. The van der Waals surface area contributed by atoms with E-state index in [2.05, 4.69) is 17.5 Å². The number of ether oxygens (including phenoxy) is 2. The molecule has 8 nitrogen and oxygen atoms in total. The Balaban J connectivity index is 1.93. The molecule has 1 saturated heterocycles. The van der Waals surface area contributed by atoms with Crippen LogP contribution in [0.5, 0.6) is 0 Å². The number of fused-ring (bicyclic) bond motifs is 5.